The van der Waals surface area contributed by atoms with Gasteiger partial charge in [-0.3, -0.25) is 9.69 Å². The van der Waals surface area contributed by atoms with E-state index in [1.165, 1.54) is 32.4 Å². The van der Waals surface area contributed by atoms with E-state index in [0.29, 0.717) is 18.6 Å². The molecule has 17 heavy (non-hydrogen) atoms. The standard InChI is InChI=1S/C13H25N3O/c1-10(2)15(3)13(17)9-14-11-6-8-16-7-4-5-12(11)16/h10-12,14H,4-9H2,1-3H3. The fraction of sp³-hybridized carbons (Fsp3) is 0.923. The van der Waals surface area contributed by atoms with Crippen LogP contribution in [0.3, 0.4) is 0 Å². The minimum absolute atomic E-state index is 0.205. The zero-order chi connectivity index (χ0) is 12.4. The van der Waals surface area contributed by atoms with E-state index in [1.54, 1.807) is 0 Å². The molecule has 4 nitrogen and oxygen atoms in total. The lowest BCUT2D eigenvalue weighted by Gasteiger charge is -2.25. The molecule has 2 atom stereocenters. The molecule has 0 saturated carbocycles. The number of likely N-dealkylation sites (N-methyl/N-ethyl adjacent to an activating group) is 1. The first kappa shape index (κ1) is 12.8. The second-order valence-electron chi connectivity index (χ2n) is 5.62. The molecule has 98 valence electrons. The minimum atomic E-state index is 0.205. The van der Waals surface area contributed by atoms with Gasteiger partial charge in [-0.15, -0.1) is 0 Å². The third-order valence-corrected chi connectivity index (χ3v) is 4.29. The summed E-state index contributed by atoms with van der Waals surface area (Å²) < 4.78 is 0. The molecule has 1 N–H and O–H groups in total. The number of carbonyl (C=O) groups is 1. The number of nitrogens with one attached hydrogen (secondary N) is 1. The molecule has 2 aliphatic heterocycles. The van der Waals surface area contributed by atoms with Crippen molar-refractivity contribution >= 4 is 5.91 Å². The van der Waals surface area contributed by atoms with E-state index in [0.717, 1.165) is 0 Å². The maximum Gasteiger partial charge on any atom is 0.236 e. The summed E-state index contributed by atoms with van der Waals surface area (Å²) in [4.78, 5) is 16.3. The van der Waals surface area contributed by atoms with Gasteiger partial charge in [0, 0.05) is 31.7 Å². The Bertz CT molecular complexity index is 280. The Morgan fingerprint density at radius 3 is 2.88 bits per heavy atom. The number of nitrogens with zero attached hydrogens (tertiary/aromatic N) is 2. The van der Waals surface area contributed by atoms with E-state index < -0.39 is 0 Å². The lowest BCUT2D eigenvalue weighted by molar-refractivity contribution is -0.130. The summed E-state index contributed by atoms with van der Waals surface area (Å²) in [7, 11) is 1.88. The lowest BCUT2D eigenvalue weighted by atomic mass is 10.1. The number of hydrogen-bond acceptors (Lipinski definition) is 3. The summed E-state index contributed by atoms with van der Waals surface area (Å²) in [5, 5.41) is 3.46. The Morgan fingerprint density at radius 2 is 2.18 bits per heavy atom. The van der Waals surface area contributed by atoms with Crippen LogP contribution in [-0.2, 0) is 4.79 Å². The Kier molecular flexibility index (Phi) is 4.05. The normalized spacial score (nSPS) is 28.7. The summed E-state index contributed by atoms with van der Waals surface area (Å²) in [6, 6.07) is 1.50. The van der Waals surface area contributed by atoms with Gasteiger partial charge in [-0.05, 0) is 39.7 Å². The van der Waals surface area contributed by atoms with E-state index in [1.807, 2.05) is 25.8 Å². The quantitative estimate of drug-likeness (QED) is 0.783. The van der Waals surface area contributed by atoms with Crippen molar-refractivity contribution in [2.45, 2.75) is 51.2 Å². The fourth-order valence-electron chi connectivity index (χ4n) is 2.95. The van der Waals surface area contributed by atoms with Crippen LogP contribution in [0.4, 0.5) is 0 Å². The first-order chi connectivity index (χ1) is 8.09. The van der Waals surface area contributed by atoms with E-state index in [4.69, 9.17) is 0 Å². The van der Waals surface area contributed by atoms with Crippen LogP contribution in [0.15, 0.2) is 0 Å². The van der Waals surface area contributed by atoms with Gasteiger partial charge in [0.05, 0.1) is 6.54 Å². The van der Waals surface area contributed by atoms with Crippen molar-refractivity contribution in [2.24, 2.45) is 0 Å². The van der Waals surface area contributed by atoms with Crippen molar-refractivity contribution in [1.82, 2.24) is 15.1 Å². The molecular formula is C13H25N3O. The molecule has 0 aliphatic carbocycles. The number of fused-ring (bicyclic) bond motifs is 1. The molecule has 2 aliphatic rings. The predicted octanol–water partition coefficient (Wildman–Crippen LogP) is 0.680. The molecule has 0 aromatic carbocycles. The molecule has 0 aromatic rings. The Morgan fingerprint density at radius 1 is 1.41 bits per heavy atom. The van der Waals surface area contributed by atoms with Crippen molar-refractivity contribution in [3.8, 4) is 0 Å². The highest BCUT2D eigenvalue weighted by atomic mass is 16.2. The summed E-state index contributed by atoms with van der Waals surface area (Å²) in [6.45, 7) is 7.04. The average molecular weight is 239 g/mol. The van der Waals surface area contributed by atoms with Gasteiger partial charge in [-0.25, -0.2) is 0 Å². The van der Waals surface area contributed by atoms with Crippen LogP contribution in [-0.4, -0.2) is 60.5 Å². The Labute approximate surface area is 104 Å². The molecule has 0 radical (unpaired) electrons. The zero-order valence-electron chi connectivity index (χ0n) is 11.3. The van der Waals surface area contributed by atoms with E-state index in [2.05, 4.69) is 10.2 Å². The van der Waals surface area contributed by atoms with Crippen molar-refractivity contribution in [3.05, 3.63) is 0 Å². The van der Waals surface area contributed by atoms with Gasteiger partial charge in [0.2, 0.25) is 5.91 Å². The van der Waals surface area contributed by atoms with Crippen LogP contribution in [0.1, 0.15) is 33.1 Å². The summed E-state index contributed by atoms with van der Waals surface area (Å²) in [6.07, 6.45) is 3.82. The maximum atomic E-state index is 11.9. The smallest absolute Gasteiger partial charge is 0.236 e. The monoisotopic (exact) mass is 239 g/mol. The van der Waals surface area contributed by atoms with Gasteiger partial charge in [0.25, 0.3) is 0 Å². The van der Waals surface area contributed by atoms with Crippen LogP contribution in [0.25, 0.3) is 0 Å². The molecule has 0 bridgehead atoms. The molecule has 2 unspecified atom stereocenters. The molecular weight excluding hydrogens is 214 g/mol. The van der Waals surface area contributed by atoms with Crippen LogP contribution < -0.4 is 5.32 Å². The van der Waals surface area contributed by atoms with Crippen molar-refractivity contribution in [3.63, 3.8) is 0 Å². The fourth-order valence-corrected chi connectivity index (χ4v) is 2.95. The highest BCUT2D eigenvalue weighted by molar-refractivity contribution is 5.78. The van der Waals surface area contributed by atoms with Crippen LogP contribution in [0.5, 0.6) is 0 Å². The minimum Gasteiger partial charge on any atom is -0.342 e. The maximum absolute atomic E-state index is 11.9. The van der Waals surface area contributed by atoms with Gasteiger partial charge < -0.3 is 10.2 Å². The van der Waals surface area contributed by atoms with E-state index >= 15 is 0 Å². The lowest BCUT2D eigenvalue weighted by Crippen LogP contribution is -2.45. The number of amides is 1. The topological polar surface area (TPSA) is 35.6 Å². The molecule has 4 heteroatoms. The van der Waals surface area contributed by atoms with Gasteiger partial charge >= 0.3 is 0 Å². The number of hydrogen-bond donors (Lipinski definition) is 1. The second kappa shape index (κ2) is 5.36. The average Bonchev–Trinajstić information content (AvgIpc) is 2.87. The molecule has 2 saturated heterocycles. The first-order valence-electron chi connectivity index (χ1n) is 6.82. The third kappa shape index (κ3) is 2.80. The van der Waals surface area contributed by atoms with Crippen molar-refractivity contribution in [2.75, 3.05) is 26.7 Å². The number of carbonyl (C=O) groups excluding carboxylic acids is 1. The molecule has 0 spiro atoms. The molecule has 2 heterocycles. The predicted molar refractivity (Wildman–Crippen MR) is 68.9 cm³/mol. The van der Waals surface area contributed by atoms with Crippen molar-refractivity contribution < 1.29 is 4.79 Å². The van der Waals surface area contributed by atoms with E-state index in [-0.39, 0.29) is 11.9 Å². The number of rotatable bonds is 4. The zero-order valence-corrected chi connectivity index (χ0v) is 11.3. The highest BCUT2D eigenvalue weighted by Gasteiger charge is 2.36. The van der Waals surface area contributed by atoms with Gasteiger partial charge in [-0.1, -0.05) is 0 Å². The molecule has 0 aromatic heterocycles. The van der Waals surface area contributed by atoms with Crippen LogP contribution >= 0.6 is 0 Å². The Balaban J connectivity index is 1.77. The van der Waals surface area contributed by atoms with Crippen LogP contribution in [0.2, 0.25) is 0 Å². The highest BCUT2D eigenvalue weighted by Crippen LogP contribution is 2.27. The largest absolute Gasteiger partial charge is 0.342 e. The van der Waals surface area contributed by atoms with E-state index in [9.17, 15) is 4.79 Å². The second-order valence-corrected chi connectivity index (χ2v) is 5.62. The van der Waals surface area contributed by atoms with Crippen LogP contribution in [0, 0.1) is 0 Å². The molecule has 1 amide bonds. The van der Waals surface area contributed by atoms with Gasteiger partial charge in [0.15, 0.2) is 0 Å². The summed E-state index contributed by atoms with van der Waals surface area (Å²) in [5.41, 5.74) is 0. The molecule has 2 fully saturated rings. The third-order valence-electron chi connectivity index (χ3n) is 4.29. The summed E-state index contributed by atoms with van der Waals surface area (Å²) in [5.74, 6) is 0.205. The summed E-state index contributed by atoms with van der Waals surface area (Å²) >= 11 is 0. The Hall–Kier alpha value is -0.610. The van der Waals surface area contributed by atoms with Crippen molar-refractivity contribution in [1.29, 1.82) is 0 Å². The van der Waals surface area contributed by atoms with Gasteiger partial charge in [-0.2, -0.15) is 0 Å². The first-order valence-corrected chi connectivity index (χ1v) is 6.82. The molecule has 2 rings (SSSR count). The van der Waals surface area contributed by atoms with Gasteiger partial charge in [0.1, 0.15) is 0 Å². The SMILES string of the molecule is CC(C)N(C)C(=O)CNC1CCN2CCCC12.